The van der Waals surface area contributed by atoms with Gasteiger partial charge in [-0.3, -0.25) is 14.2 Å². The Balaban J connectivity index is 1.46. The molecular weight excluding hydrogens is 390 g/mol. The second-order valence-electron chi connectivity index (χ2n) is 7.00. The average Bonchev–Trinajstić information content (AvgIpc) is 3.36. The van der Waals surface area contributed by atoms with Crippen molar-refractivity contribution in [3.63, 3.8) is 0 Å². The predicted molar refractivity (Wildman–Crippen MR) is 111 cm³/mol. The number of carbonyl (C=O) groups is 2. The molecule has 2 N–H and O–H groups in total. The van der Waals surface area contributed by atoms with E-state index in [2.05, 4.69) is 20.8 Å². The van der Waals surface area contributed by atoms with Gasteiger partial charge in [-0.2, -0.15) is 0 Å². The highest BCUT2D eigenvalue weighted by atomic mass is 32.2. The third-order valence-corrected chi connectivity index (χ3v) is 5.78. The largest absolute Gasteiger partial charge is 0.497 e. The number of nitrogens with zero attached hydrogens (tertiary/aromatic N) is 3. The van der Waals surface area contributed by atoms with Gasteiger partial charge < -0.3 is 15.4 Å². The maximum absolute atomic E-state index is 12.1. The zero-order valence-electron chi connectivity index (χ0n) is 16.8. The molecule has 0 saturated heterocycles. The van der Waals surface area contributed by atoms with Gasteiger partial charge in [-0.25, -0.2) is 0 Å². The Kier molecular flexibility index (Phi) is 7.51. The van der Waals surface area contributed by atoms with Gasteiger partial charge >= 0.3 is 0 Å². The highest BCUT2D eigenvalue weighted by molar-refractivity contribution is 7.99. The number of benzene rings is 1. The molecule has 0 aliphatic heterocycles. The van der Waals surface area contributed by atoms with Gasteiger partial charge in [0.15, 0.2) is 5.16 Å². The van der Waals surface area contributed by atoms with Gasteiger partial charge in [-0.1, -0.05) is 24.6 Å². The minimum atomic E-state index is -0.134. The van der Waals surface area contributed by atoms with Crippen LogP contribution in [0.15, 0.2) is 29.4 Å². The Morgan fingerprint density at radius 3 is 2.59 bits per heavy atom. The van der Waals surface area contributed by atoms with E-state index < -0.39 is 0 Å². The Labute approximate surface area is 174 Å². The number of thioether (sulfide) groups is 1. The fraction of sp³-hybridized carbons (Fsp3) is 0.500. The van der Waals surface area contributed by atoms with Crippen LogP contribution in [0.2, 0.25) is 0 Å². The van der Waals surface area contributed by atoms with Gasteiger partial charge in [0.05, 0.1) is 12.9 Å². The number of amides is 2. The van der Waals surface area contributed by atoms with Crippen molar-refractivity contribution in [3.05, 3.63) is 30.1 Å². The van der Waals surface area contributed by atoms with E-state index in [4.69, 9.17) is 4.74 Å². The van der Waals surface area contributed by atoms with Crippen LogP contribution in [0.5, 0.6) is 5.75 Å². The number of aromatic nitrogens is 3. The first-order valence-corrected chi connectivity index (χ1v) is 10.8. The molecule has 0 unspecified atom stereocenters. The van der Waals surface area contributed by atoms with E-state index in [0.717, 1.165) is 30.1 Å². The lowest BCUT2D eigenvalue weighted by Gasteiger charge is -2.12. The fourth-order valence-electron chi connectivity index (χ4n) is 3.33. The van der Waals surface area contributed by atoms with Crippen LogP contribution in [0.3, 0.4) is 0 Å². The van der Waals surface area contributed by atoms with Gasteiger partial charge in [0.2, 0.25) is 11.8 Å². The number of carbonyl (C=O) groups excluding carboxylic acids is 2. The molecule has 1 heterocycles. The maximum Gasteiger partial charge on any atom is 0.230 e. The van der Waals surface area contributed by atoms with Gasteiger partial charge in [-0.15, -0.1) is 10.2 Å². The molecule has 29 heavy (non-hydrogen) atoms. The van der Waals surface area contributed by atoms with E-state index in [1.807, 2.05) is 35.8 Å². The standard InChI is InChI=1S/C20H27N5O3S/c1-14-23-24-20(25(14)16-7-9-17(28-2)10-8-16)29-13-19(27)21-12-11-18(26)22-15-5-3-4-6-15/h7-10,15H,3-6,11-13H2,1-2H3,(H,21,27)(H,22,26). The molecule has 0 bridgehead atoms. The van der Waals surface area contributed by atoms with Gasteiger partial charge in [0.25, 0.3) is 0 Å². The lowest BCUT2D eigenvalue weighted by Crippen LogP contribution is -2.36. The SMILES string of the molecule is COc1ccc(-n2c(C)nnc2SCC(=O)NCCC(=O)NC2CCCC2)cc1. The number of aryl methyl sites for hydroxylation is 1. The predicted octanol–water partition coefficient (Wildman–Crippen LogP) is 2.24. The van der Waals surface area contributed by atoms with Crippen molar-refractivity contribution in [1.82, 2.24) is 25.4 Å². The van der Waals surface area contributed by atoms with Crippen molar-refractivity contribution >= 4 is 23.6 Å². The topological polar surface area (TPSA) is 98.1 Å². The van der Waals surface area contributed by atoms with Gasteiger partial charge in [-0.05, 0) is 44.0 Å². The molecule has 156 valence electrons. The first kappa shape index (κ1) is 21.2. The molecular formula is C20H27N5O3S. The van der Waals surface area contributed by atoms with Crippen LogP contribution in [-0.4, -0.2) is 52.0 Å². The summed E-state index contributed by atoms with van der Waals surface area (Å²) < 4.78 is 7.09. The number of hydrogen-bond donors (Lipinski definition) is 2. The quantitative estimate of drug-likeness (QED) is 0.607. The summed E-state index contributed by atoms with van der Waals surface area (Å²) in [6.45, 7) is 2.20. The lowest BCUT2D eigenvalue weighted by molar-refractivity contribution is -0.122. The molecule has 0 atom stereocenters. The highest BCUT2D eigenvalue weighted by Crippen LogP contribution is 2.23. The van der Waals surface area contributed by atoms with E-state index in [1.54, 1.807) is 7.11 Å². The number of ether oxygens (including phenoxy) is 1. The van der Waals surface area contributed by atoms with Crippen molar-refractivity contribution in [1.29, 1.82) is 0 Å². The highest BCUT2D eigenvalue weighted by Gasteiger charge is 2.17. The van der Waals surface area contributed by atoms with E-state index >= 15 is 0 Å². The van der Waals surface area contributed by atoms with Crippen LogP contribution in [-0.2, 0) is 9.59 Å². The zero-order chi connectivity index (χ0) is 20.6. The number of methoxy groups -OCH3 is 1. The summed E-state index contributed by atoms with van der Waals surface area (Å²) in [7, 11) is 1.62. The summed E-state index contributed by atoms with van der Waals surface area (Å²) in [4.78, 5) is 24.1. The van der Waals surface area contributed by atoms with Crippen molar-refractivity contribution < 1.29 is 14.3 Å². The Bertz CT molecular complexity index is 831. The third-order valence-electron chi connectivity index (χ3n) is 4.85. The molecule has 1 saturated carbocycles. The summed E-state index contributed by atoms with van der Waals surface area (Å²) in [6, 6.07) is 7.88. The maximum atomic E-state index is 12.1. The van der Waals surface area contributed by atoms with E-state index in [1.165, 1.54) is 24.6 Å². The normalized spacial score (nSPS) is 14.0. The molecule has 1 aliphatic carbocycles. The second kappa shape index (κ2) is 10.3. The monoisotopic (exact) mass is 417 g/mol. The summed E-state index contributed by atoms with van der Waals surface area (Å²) in [5.41, 5.74) is 0.903. The summed E-state index contributed by atoms with van der Waals surface area (Å²) in [6.07, 6.45) is 4.78. The Morgan fingerprint density at radius 1 is 1.17 bits per heavy atom. The number of nitrogens with one attached hydrogen (secondary N) is 2. The minimum absolute atomic E-state index is 0.000253. The van der Waals surface area contributed by atoms with E-state index in [-0.39, 0.29) is 17.6 Å². The van der Waals surface area contributed by atoms with Crippen LogP contribution in [0, 0.1) is 6.92 Å². The van der Waals surface area contributed by atoms with E-state index in [9.17, 15) is 9.59 Å². The van der Waals surface area contributed by atoms with Crippen LogP contribution in [0.4, 0.5) is 0 Å². The molecule has 2 aromatic rings. The smallest absolute Gasteiger partial charge is 0.230 e. The van der Waals surface area contributed by atoms with Crippen molar-refractivity contribution in [3.8, 4) is 11.4 Å². The first-order valence-electron chi connectivity index (χ1n) is 9.82. The van der Waals surface area contributed by atoms with Crippen LogP contribution >= 0.6 is 11.8 Å². The van der Waals surface area contributed by atoms with Crippen LogP contribution in [0.1, 0.15) is 37.9 Å². The lowest BCUT2D eigenvalue weighted by atomic mass is 10.2. The van der Waals surface area contributed by atoms with Crippen LogP contribution < -0.4 is 15.4 Å². The second-order valence-corrected chi connectivity index (χ2v) is 7.94. The van der Waals surface area contributed by atoms with Crippen molar-refractivity contribution in [2.24, 2.45) is 0 Å². The average molecular weight is 418 g/mol. The molecule has 1 fully saturated rings. The van der Waals surface area contributed by atoms with Crippen molar-refractivity contribution in [2.45, 2.75) is 50.2 Å². The van der Waals surface area contributed by atoms with Crippen molar-refractivity contribution in [2.75, 3.05) is 19.4 Å². The molecule has 2 amide bonds. The Morgan fingerprint density at radius 2 is 1.90 bits per heavy atom. The third kappa shape index (κ3) is 5.96. The zero-order valence-corrected chi connectivity index (χ0v) is 17.6. The molecule has 1 aliphatic rings. The minimum Gasteiger partial charge on any atom is -0.497 e. The molecule has 1 aromatic heterocycles. The fourth-order valence-corrected chi connectivity index (χ4v) is 4.16. The molecule has 3 rings (SSSR count). The van der Waals surface area contributed by atoms with E-state index in [0.29, 0.717) is 24.2 Å². The molecule has 0 radical (unpaired) electrons. The van der Waals surface area contributed by atoms with Gasteiger partial charge in [0, 0.05) is 24.7 Å². The summed E-state index contributed by atoms with van der Waals surface area (Å²) in [5.74, 6) is 1.58. The Hall–Kier alpha value is -2.55. The molecule has 8 nitrogen and oxygen atoms in total. The summed E-state index contributed by atoms with van der Waals surface area (Å²) in [5, 5.41) is 14.8. The first-order chi connectivity index (χ1) is 14.1. The molecule has 9 heteroatoms. The number of rotatable bonds is 9. The number of hydrogen-bond acceptors (Lipinski definition) is 6. The molecule has 1 aromatic carbocycles. The molecule has 0 spiro atoms. The van der Waals surface area contributed by atoms with Crippen LogP contribution in [0.25, 0.3) is 5.69 Å². The summed E-state index contributed by atoms with van der Waals surface area (Å²) >= 11 is 1.31. The van der Waals surface area contributed by atoms with Gasteiger partial charge in [0.1, 0.15) is 11.6 Å².